The lowest BCUT2D eigenvalue weighted by atomic mass is 10.1. The number of anilines is 2. The summed E-state index contributed by atoms with van der Waals surface area (Å²) in [7, 11) is 0. The Labute approximate surface area is 121 Å². The Kier molecular flexibility index (Phi) is 3.98. The van der Waals surface area contributed by atoms with Crippen molar-refractivity contribution in [3.05, 3.63) is 57.6 Å². The third-order valence-corrected chi connectivity index (χ3v) is 3.41. The third kappa shape index (κ3) is 3.19. The first-order valence-corrected chi connectivity index (χ1v) is 6.35. The highest BCUT2D eigenvalue weighted by Crippen LogP contribution is 2.25. The van der Waals surface area contributed by atoms with Crippen LogP contribution in [-0.4, -0.2) is 5.91 Å². The Morgan fingerprint density at radius 2 is 1.84 bits per heavy atom. The molecule has 0 aliphatic carbocycles. The van der Waals surface area contributed by atoms with Gasteiger partial charge in [0.1, 0.15) is 0 Å². The van der Waals surface area contributed by atoms with Crippen LogP contribution in [0.1, 0.15) is 15.9 Å². The maximum Gasteiger partial charge on any atom is 0.255 e. The Bertz CT molecular complexity index is 641. The van der Waals surface area contributed by atoms with Crippen molar-refractivity contribution in [2.75, 3.05) is 11.1 Å². The van der Waals surface area contributed by atoms with Crippen LogP contribution in [0.2, 0.25) is 10.0 Å². The Balaban J connectivity index is 2.25. The minimum atomic E-state index is -0.283. The number of nitrogen functional groups attached to an aromatic ring is 1. The number of halogens is 2. The van der Waals surface area contributed by atoms with E-state index in [4.69, 9.17) is 28.9 Å². The molecular formula is C14H12Cl2N2O. The number of aryl methyl sites for hydroxylation is 1. The maximum atomic E-state index is 12.1. The zero-order valence-corrected chi connectivity index (χ0v) is 11.7. The van der Waals surface area contributed by atoms with Gasteiger partial charge in [-0.3, -0.25) is 4.79 Å². The molecule has 0 atom stereocenters. The van der Waals surface area contributed by atoms with Crippen LogP contribution in [0.5, 0.6) is 0 Å². The number of amides is 1. The Morgan fingerprint density at radius 3 is 2.53 bits per heavy atom. The van der Waals surface area contributed by atoms with Gasteiger partial charge in [0.2, 0.25) is 0 Å². The first kappa shape index (κ1) is 13.7. The molecule has 3 nitrogen and oxygen atoms in total. The normalized spacial score (nSPS) is 10.3. The standard InChI is InChI=1S/C14H12Cl2N2O/c1-8-2-3-9(6-12(8)16)14(19)18-13-7-10(17)4-5-11(13)15/h2-7H,17H2,1H3,(H,18,19). The molecule has 19 heavy (non-hydrogen) atoms. The minimum Gasteiger partial charge on any atom is -0.399 e. The second kappa shape index (κ2) is 5.51. The number of nitrogens with one attached hydrogen (secondary N) is 1. The van der Waals surface area contributed by atoms with Gasteiger partial charge in [-0.25, -0.2) is 0 Å². The summed E-state index contributed by atoms with van der Waals surface area (Å²) in [4.78, 5) is 12.1. The molecule has 5 heteroatoms. The molecule has 2 rings (SSSR count). The highest BCUT2D eigenvalue weighted by atomic mass is 35.5. The van der Waals surface area contributed by atoms with E-state index in [-0.39, 0.29) is 5.91 Å². The van der Waals surface area contributed by atoms with Gasteiger partial charge < -0.3 is 11.1 Å². The maximum absolute atomic E-state index is 12.1. The van der Waals surface area contributed by atoms with E-state index in [1.165, 1.54) is 0 Å². The fraction of sp³-hybridized carbons (Fsp3) is 0.0714. The van der Waals surface area contributed by atoms with Gasteiger partial charge in [-0.15, -0.1) is 0 Å². The van der Waals surface area contributed by atoms with Gasteiger partial charge in [-0.05, 0) is 42.8 Å². The molecule has 0 saturated carbocycles. The van der Waals surface area contributed by atoms with Crippen LogP contribution in [0.25, 0.3) is 0 Å². The highest BCUT2D eigenvalue weighted by Gasteiger charge is 2.10. The van der Waals surface area contributed by atoms with Crippen molar-refractivity contribution < 1.29 is 4.79 Å². The average Bonchev–Trinajstić information content (AvgIpc) is 2.37. The molecule has 0 aromatic heterocycles. The van der Waals surface area contributed by atoms with E-state index in [2.05, 4.69) is 5.32 Å². The lowest BCUT2D eigenvalue weighted by Gasteiger charge is -2.09. The predicted octanol–water partition coefficient (Wildman–Crippen LogP) is 4.14. The first-order valence-electron chi connectivity index (χ1n) is 5.60. The van der Waals surface area contributed by atoms with Crippen LogP contribution in [0, 0.1) is 6.92 Å². The van der Waals surface area contributed by atoms with Gasteiger partial charge in [-0.1, -0.05) is 29.3 Å². The molecule has 2 aromatic carbocycles. The molecule has 0 unspecified atom stereocenters. The average molecular weight is 295 g/mol. The largest absolute Gasteiger partial charge is 0.399 e. The summed E-state index contributed by atoms with van der Waals surface area (Å²) in [5.41, 5.74) is 8.04. The number of carbonyl (C=O) groups is 1. The molecule has 0 fully saturated rings. The molecule has 0 bridgehead atoms. The summed E-state index contributed by atoms with van der Waals surface area (Å²) in [6.45, 7) is 1.87. The van der Waals surface area contributed by atoms with Crippen LogP contribution in [-0.2, 0) is 0 Å². The van der Waals surface area contributed by atoms with E-state index in [1.807, 2.05) is 6.92 Å². The van der Waals surface area contributed by atoms with E-state index in [9.17, 15) is 4.79 Å². The summed E-state index contributed by atoms with van der Waals surface area (Å²) in [5, 5.41) is 3.68. The second-order valence-corrected chi connectivity index (χ2v) is 4.97. The molecule has 0 radical (unpaired) electrons. The molecule has 98 valence electrons. The molecule has 0 saturated heterocycles. The van der Waals surface area contributed by atoms with Crippen LogP contribution >= 0.6 is 23.2 Å². The van der Waals surface area contributed by atoms with Crippen molar-refractivity contribution in [3.63, 3.8) is 0 Å². The van der Waals surface area contributed by atoms with Crippen molar-refractivity contribution in [2.45, 2.75) is 6.92 Å². The molecule has 0 aliphatic heterocycles. The second-order valence-electron chi connectivity index (χ2n) is 4.16. The molecule has 0 aliphatic rings. The van der Waals surface area contributed by atoms with E-state index in [1.54, 1.807) is 36.4 Å². The molecule has 2 aromatic rings. The Morgan fingerprint density at radius 1 is 1.11 bits per heavy atom. The summed E-state index contributed by atoms with van der Waals surface area (Å²) < 4.78 is 0. The number of nitrogens with two attached hydrogens (primary N) is 1. The van der Waals surface area contributed by atoms with E-state index in [0.717, 1.165) is 5.56 Å². The number of hydrogen-bond donors (Lipinski definition) is 2. The van der Waals surface area contributed by atoms with Gasteiger partial charge >= 0.3 is 0 Å². The monoisotopic (exact) mass is 294 g/mol. The van der Waals surface area contributed by atoms with Gasteiger partial charge in [0.05, 0.1) is 10.7 Å². The van der Waals surface area contributed by atoms with Crippen LogP contribution in [0.4, 0.5) is 11.4 Å². The van der Waals surface area contributed by atoms with Crippen molar-refractivity contribution >= 4 is 40.5 Å². The van der Waals surface area contributed by atoms with Crippen molar-refractivity contribution in [1.29, 1.82) is 0 Å². The van der Waals surface area contributed by atoms with Gasteiger partial charge in [0.25, 0.3) is 5.91 Å². The SMILES string of the molecule is Cc1ccc(C(=O)Nc2cc(N)ccc2Cl)cc1Cl. The first-order chi connectivity index (χ1) is 8.97. The van der Waals surface area contributed by atoms with Gasteiger partial charge in [0.15, 0.2) is 0 Å². The lowest BCUT2D eigenvalue weighted by molar-refractivity contribution is 0.102. The zero-order valence-electron chi connectivity index (χ0n) is 10.2. The molecule has 3 N–H and O–H groups in total. The summed E-state index contributed by atoms with van der Waals surface area (Å²) >= 11 is 12.0. The van der Waals surface area contributed by atoms with Crippen LogP contribution in [0.15, 0.2) is 36.4 Å². The summed E-state index contributed by atoms with van der Waals surface area (Å²) in [6.07, 6.45) is 0. The summed E-state index contributed by atoms with van der Waals surface area (Å²) in [6, 6.07) is 10.0. The minimum absolute atomic E-state index is 0.283. The topological polar surface area (TPSA) is 55.1 Å². The Hall–Kier alpha value is -1.71. The van der Waals surface area contributed by atoms with Crippen molar-refractivity contribution in [1.82, 2.24) is 0 Å². The fourth-order valence-electron chi connectivity index (χ4n) is 1.57. The van der Waals surface area contributed by atoms with E-state index < -0.39 is 0 Å². The molecule has 1 amide bonds. The number of carbonyl (C=O) groups excluding carboxylic acids is 1. The van der Waals surface area contributed by atoms with E-state index in [0.29, 0.717) is 27.0 Å². The quantitative estimate of drug-likeness (QED) is 0.818. The number of hydrogen-bond acceptors (Lipinski definition) is 2. The number of rotatable bonds is 2. The molecule has 0 heterocycles. The molecular weight excluding hydrogens is 283 g/mol. The van der Waals surface area contributed by atoms with Gasteiger partial charge in [0, 0.05) is 16.3 Å². The van der Waals surface area contributed by atoms with Gasteiger partial charge in [-0.2, -0.15) is 0 Å². The highest BCUT2D eigenvalue weighted by molar-refractivity contribution is 6.34. The zero-order chi connectivity index (χ0) is 14.0. The summed E-state index contributed by atoms with van der Waals surface area (Å²) in [5.74, 6) is -0.283. The van der Waals surface area contributed by atoms with Crippen molar-refractivity contribution in [3.8, 4) is 0 Å². The van der Waals surface area contributed by atoms with Crippen LogP contribution in [0.3, 0.4) is 0 Å². The third-order valence-electron chi connectivity index (χ3n) is 2.67. The smallest absolute Gasteiger partial charge is 0.255 e. The van der Waals surface area contributed by atoms with Crippen LogP contribution < -0.4 is 11.1 Å². The fourth-order valence-corrected chi connectivity index (χ4v) is 1.91. The predicted molar refractivity (Wildman–Crippen MR) is 80.0 cm³/mol. The lowest BCUT2D eigenvalue weighted by Crippen LogP contribution is -2.12. The van der Waals surface area contributed by atoms with E-state index >= 15 is 0 Å². The van der Waals surface area contributed by atoms with Crippen molar-refractivity contribution in [2.24, 2.45) is 0 Å². The number of benzene rings is 2. The molecule has 0 spiro atoms.